The number of unbranched alkanes of at least 4 members (excludes halogenated alkanes) is 4. The number of halogens is 1. The van der Waals surface area contributed by atoms with Gasteiger partial charge >= 0.3 is 11.9 Å². The molecule has 0 rings (SSSR count). The molecule has 0 aromatic rings. The fourth-order valence-corrected chi connectivity index (χ4v) is 1.49. The van der Waals surface area contributed by atoms with Gasteiger partial charge in [-0.2, -0.15) is 0 Å². The van der Waals surface area contributed by atoms with Crippen molar-refractivity contribution in [1.82, 2.24) is 0 Å². The standard InChI is InChI=1S/C12H21FO2.C5H8O2/c1-3-4-5-6-7-8-11(13)9-10(2)12(14)15;1-3-4(2)5(6)7/h9,11H,3-8H2,1-2H3,(H,14,15);3H,1-2H3,(H,6,7). The molecule has 22 heavy (non-hydrogen) atoms. The van der Waals surface area contributed by atoms with E-state index in [0.717, 1.165) is 19.3 Å². The predicted octanol–water partition coefficient (Wildman–Crippen LogP) is 4.75. The van der Waals surface area contributed by atoms with E-state index in [2.05, 4.69) is 6.92 Å². The Morgan fingerprint density at radius 2 is 1.50 bits per heavy atom. The molecule has 0 heterocycles. The molecule has 4 nitrogen and oxygen atoms in total. The molecule has 0 saturated carbocycles. The van der Waals surface area contributed by atoms with Crippen LogP contribution in [0.3, 0.4) is 0 Å². The Bertz CT molecular complexity index is 386. The second-order valence-corrected chi connectivity index (χ2v) is 5.15. The second kappa shape index (κ2) is 14.3. The van der Waals surface area contributed by atoms with E-state index >= 15 is 0 Å². The number of aliphatic carboxylic acids is 2. The smallest absolute Gasteiger partial charge is 0.331 e. The molecule has 0 aromatic carbocycles. The lowest BCUT2D eigenvalue weighted by Crippen LogP contribution is -2.02. The van der Waals surface area contributed by atoms with E-state index < -0.39 is 18.1 Å². The first-order chi connectivity index (χ1) is 10.3. The zero-order chi connectivity index (χ0) is 17.5. The fraction of sp³-hybridized carbons (Fsp3) is 0.647. The molecule has 0 bridgehead atoms. The number of hydrogen-bond donors (Lipinski definition) is 2. The molecule has 5 heteroatoms. The Morgan fingerprint density at radius 1 is 1.00 bits per heavy atom. The lowest BCUT2D eigenvalue weighted by molar-refractivity contribution is -0.133. The van der Waals surface area contributed by atoms with Gasteiger partial charge in [-0.1, -0.05) is 45.1 Å². The SMILES string of the molecule is CC=C(C)C(=O)O.CCCCCCCC(F)C=C(C)C(=O)O. The summed E-state index contributed by atoms with van der Waals surface area (Å²) < 4.78 is 13.2. The Balaban J connectivity index is 0. The van der Waals surface area contributed by atoms with Crippen LogP contribution in [-0.4, -0.2) is 28.3 Å². The van der Waals surface area contributed by atoms with Crippen molar-refractivity contribution < 1.29 is 24.2 Å². The summed E-state index contributed by atoms with van der Waals surface area (Å²) in [6.45, 7) is 6.81. The maximum absolute atomic E-state index is 13.2. The highest BCUT2D eigenvalue weighted by Gasteiger charge is 2.06. The molecule has 1 atom stereocenters. The molecule has 2 N–H and O–H groups in total. The van der Waals surface area contributed by atoms with Crippen LogP contribution in [0.15, 0.2) is 23.3 Å². The van der Waals surface area contributed by atoms with Crippen molar-refractivity contribution in [2.24, 2.45) is 0 Å². The fourth-order valence-electron chi connectivity index (χ4n) is 1.49. The van der Waals surface area contributed by atoms with Gasteiger partial charge in [0.25, 0.3) is 0 Å². The van der Waals surface area contributed by atoms with Gasteiger partial charge in [0.05, 0.1) is 0 Å². The van der Waals surface area contributed by atoms with Crippen molar-refractivity contribution in [3.63, 3.8) is 0 Å². The zero-order valence-corrected chi connectivity index (χ0v) is 14.1. The Hall–Kier alpha value is -1.65. The molecule has 0 aliphatic rings. The van der Waals surface area contributed by atoms with E-state index in [1.165, 1.54) is 25.8 Å². The van der Waals surface area contributed by atoms with Crippen molar-refractivity contribution in [2.75, 3.05) is 0 Å². The molecular weight excluding hydrogens is 287 g/mol. The highest BCUT2D eigenvalue weighted by Crippen LogP contribution is 2.11. The van der Waals surface area contributed by atoms with Crippen molar-refractivity contribution in [3.8, 4) is 0 Å². The van der Waals surface area contributed by atoms with Gasteiger partial charge in [-0.05, 0) is 33.3 Å². The third-order valence-electron chi connectivity index (χ3n) is 3.12. The Morgan fingerprint density at radius 3 is 1.86 bits per heavy atom. The summed E-state index contributed by atoms with van der Waals surface area (Å²) in [7, 11) is 0. The number of hydrogen-bond acceptors (Lipinski definition) is 2. The number of allylic oxidation sites excluding steroid dienone is 2. The third kappa shape index (κ3) is 14.8. The first kappa shape index (κ1) is 22.6. The highest BCUT2D eigenvalue weighted by atomic mass is 19.1. The summed E-state index contributed by atoms with van der Waals surface area (Å²) in [5.74, 6) is -1.88. The largest absolute Gasteiger partial charge is 0.478 e. The summed E-state index contributed by atoms with van der Waals surface area (Å²) in [5.41, 5.74) is 0.482. The van der Waals surface area contributed by atoms with Gasteiger partial charge in [-0.25, -0.2) is 14.0 Å². The van der Waals surface area contributed by atoms with E-state index in [4.69, 9.17) is 10.2 Å². The quantitative estimate of drug-likeness (QED) is 0.475. The van der Waals surface area contributed by atoms with E-state index in [-0.39, 0.29) is 5.57 Å². The molecule has 0 aliphatic heterocycles. The number of carboxylic acid groups (broad SMARTS) is 2. The molecular formula is C17H29FO4. The highest BCUT2D eigenvalue weighted by molar-refractivity contribution is 5.86. The Labute approximate surface area is 132 Å². The van der Waals surface area contributed by atoms with Crippen LogP contribution in [0.25, 0.3) is 0 Å². The topological polar surface area (TPSA) is 74.6 Å². The average molecular weight is 316 g/mol. The average Bonchev–Trinajstić information content (AvgIpc) is 2.46. The molecule has 1 unspecified atom stereocenters. The maximum atomic E-state index is 13.2. The van der Waals surface area contributed by atoms with Crippen molar-refractivity contribution in [3.05, 3.63) is 23.3 Å². The van der Waals surface area contributed by atoms with Crippen molar-refractivity contribution in [1.29, 1.82) is 0 Å². The summed E-state index contributed by atoms with van der Waals surface area (Å²) in [4.78, 5) is 20.3. The molecule has 0 radical (unpaired) electrons. The number of rotatable bonds is 9. The van der Waals surface area contributed by atoms with E-state index in [9.17, 15) is 14.0 Å². The summed E-state index contributed by atoms with van der Waals surface area (Å²) in [5, 5.41) is 16.7. The van der Waals surface area contributed by atoms with Crippen LogP contribution in [-0.2, 0) is 9.59 Å². The molecule has 0 aromatic heterocycles. The van der Waals surface area contributed by atoms with Crippen LogP contribution in [0.4, 0.5) is 4.39 Å². The summed E-state index contributed by atoms with van der Waals surface area (Å²) in [6.07, 6.45) is 7.48. The van der Waals surface area contributed by atoms with Crippen LogP contribution in [0.5, 0.6) is 0 Å². The minimum absolute atomic E-state index is 0.0936. The van der Waals surface area contributed by atoms with E-state index in [0.29, 0.717) is 12.0 Å². The van der Waals surface area contributed by atoms with Gasteiger partial charge in [-0.3, -0.25) is 0 Å². The molecule has 0 saturated heterocycles. The molecule has 0 aliphatic carbocycles. The first-order valence-electron chi connectivity index (χ1n) is 7.68. The Kier molecular flexibility index (Phi) is 14.7. The predicted molar refractivity (Wildman–Crippen MR) is 86.7 cm³/mol. The van der Waals surface area contributed by atoms with Gasteiger partial charge in [0, 0.05) is 11.1 Å². The lowest BCUT2D eigenvalue weighted by atomic mass is 10.1. The van der Waals surface area contributed by atoms with Crippen LogP contribution >= 0.6 is 0 Å². The minimum Gasteiger partial charge on any atom is -0.478 e. The van der Waals surface area contributed by atoms with E-state index in [1.807, 2.05) is 0 Å². The number of alkyl halides is 1. The minimum atomic E-state index is -1.11. The third-order valence-corrected chi connectivity index (χ3v) is 3.12. The summed E-state index contributed by atoms with van der Waals surface area (Å²) in [6, 6.07) is 0. The normalized spacial score (nSPS) is 13.1. The zero-order valence-electron chi connectivity index (χ0n) is 14.1. The van der Waals surface area contributed by atoms with Crippen LogP contribution in [0.2, 0.25) is 0 Å². The molecule has 0 amide bonds. The van der Waals surface area contributed by atoms with Crippen LogP contribution < -0.4 is 0 Å². The maximum Gasteiger partial charge on any atom is 0.331 e. The van der Waals surface area contributed by atoms with Gasteiger partial charge < -0.3 is 10.2 Å². The number of carboxylic acids is 2. The lowest BCUT2D eigenvalue weighted by Gasteiger charge is -2.03. The second-order valence-electron chi connectivity index (χ2n) is 5.15. The van der Waals surface area contributed by atoms with Crippen LogP contribution in [0.1, 0.15) is 66.2 Å². The monoisotopic (exact) mass is 316 g/mol. The van der Waals surface area contributed by atoms with Gasteiger partial charge in [-0.15, -0.1) is 0 Å². The first-order valence-corrected chi connectivity index (χ1v) is 7.68. The van der Waals surface area contributed by atoms with Crippen molar-refractivity contribution >= 4 is 11.9 Å². The number of carbonyl (C=O) groups is 2. The van der Waals surface area contributed by atoms with Crippen molar-refractivity contribution in [2.45, 2.75) is 72.4 Å². The van der Waals surface area contributed by atoms with Crippen LogP contribution in [0, 0.1) is 0 Å². The van der Waals surface area contributed by atoms with Gasteiger partial charge in [0.15, 0.2) is 0 Å². The molecule has 0 spiro atoms. The van der Waals surface area contributed by atoms with E-state index in [1.54, 1.807) is 19.9 Å². The van der Waals surface area contributed by atoms with Gasteiger partial charge in [0.2, 0.25) is 0 Å². The summed E-state index contributed by atoms with van der Waals surface area (Å²) >= 11 is 0. The molecule has 0 fully saturated rings. The molecule has 128 valence electrons. The van der Waals surface area contributed by atoms with Gasteiger partial charge in [0.1, 0.15) is 6.17 Å².